The topological polar surface area (TPSA) is 69.6 Å². The summed E-state index contributed by atoms with van der Waals surface area (Å²) in [7, 11) is 0. The fraction of sp³-hybridized carbons (Fsp3) is 0.926. The van der Waals surface area contributed by atoms with Crippen molar-refractivity contribution in [3.63, 3.8) is 0 Å². The lowest BCUT2D eigenvalue weighted by atomic mass is 10.0. The summed E-state index contributed by atoms with van der Waals surface area (Å²) in [5, 5.41) is 23.4. The fourth-order valence-electron chi connectivity index (χ4n) is 10.9. The Morgan fingerprint density at radius 2 is 0.569 bits per heavy atom. The Hall–Kier alpha value is -1.13. The van der Waals surface area contributed by atoms with Crippen molar-refractivity contribution < 1.29 is 15.0 Å². The highest BCUT2D eigenvalue weighted by Crippen LogP contribution is 2.19. The lowest BCUT2D eigenvalue weighted by molar-refractivity contribution is -0.123. The second-order valence-corrected chi connectivity index (χ2v) is 23.2. The van der Waals surface area contributed by atoms with Gasteiger partial charge in [-0.1, -0.05) is 359 Å². The molecule has 0 aromatic heterocycles. The van der Waals surface area contributed by atoms with Crippen molar-refractivity contribution in [3.05, 3.63) is 24.3 Å². The van der Waals surface area contributed by atoms with E-state index in [1.165, 1.54) is 327 Å². The van der Waals surface area contributed by atoms with Crippen molar-refractivity contribution in [1.29, 1.82) is 0 Å². The highest BCUT2D eigenvalue weighted by Gasteiger charge is 2.20. The summed E-state index contributed by atoms with van der Waals surface area (Å²) in [6.07, 6.45) is 86.5. The standard InChI is InChI=1S/C68H133NO3/c1-3-5-7-9-11-13-15-17-19-21-23-25-27-29-30-31-32-33-34-35-36-37-38-40-42-44-46-48-50-52-54-56-58-60-62-64-68(72)69-66(65-70)67(71)63-61-59-57-55-53-51-49-47-45-43-41-39-28-26-24-22-20-18-16-14-12-10-8-6-4-2/h15,17,21,23,66-67,70-71H,3-14,16,18-20,22,24-65H2,1-2H3,(H,69,72)/b17-15-,23-21-. The van der Waals surface area contributed by atoms with Crippen LogP contribution in [0, 0.1) is 0 Å². The molecule has 0 heterocycles. The first-order chi connectivity index (χ1) is 35.7. The van der Waals surface area contributed by atoms with Gasteiger partial charge in [-0.25, -0.2) is 0 Å². The molecule has 4 heteroatoms. The molecule has 0 saturated heterocycles. The van der Waals surface area contributed by atoms with E-state index >= 15 is 0 Å². The van der Waals surface area contributed by atoms with Crippen LogP contribution in [0.15, 0.2) is 24.3 Å². The SMILES string of the molecule is CCCCCCC/C=C\C/C=C\CCCCCCCCCCCCCCCCCCCCCCCCCC(=O)NC(CO)C(O)CCCCCCCCCCCCCCCCCCCCCCCCCCC. The van der Waals surface area contributed by atoms with E-state index in [0.29, 0.717) is 12.8 Å². The summed E-state index contributed by atoms with van der Waals surface area (Å²) in [6, 6.07) is -0.535. The number of nitrogens with one attached hydrogen (secondary N) is 1. The van der Waals surface area contributed by atoms with Crippen LogP contribution in [0.1, 0.15) is 386 Å². The molecule has 0 aliphatic carbocycles. The Labute approximate surface area is 453 Å². The molecule has 0 aliphatic heterocycles. The highest BCUT2D eigenvalue weighted by atomic mass is 16.3. The van der Waals surface area contributed by atoms with Gasteiger partial charge in [0.1, 0.15) is 0 Å². The number of hydrogen-bond acceptors (Lipinski definition) is 3. The van der Waals surface area contributed by atoms with Crippen molar-refractivity contribution >= 4 is 5.91 Å². The van der Waals surface area contributed by atoms with Crippen molar-refractivity contribution in [2.45, 2.75) is 398 Å². The summed E-state index contributed by atoms with van der Waals surface area (Å²) < 4.78 is 0. The molecule has 0 aliphatic rings. The summed E-state index contributed by atoms with van der Waals surface area (Å²) >= 11 is 0. The molecule has 0 rings (SSSR count). The third-order valence-corrected chi connectivity index (χ3v) is 16.0. The van der Waals surface area contributed by atoms with E-state index < -0.39 is 12.1 Å². The molecule has 3 N–H and O–H groups in total. The molecule has 0 saturated carbocycles. The second kappa shape index (κ2) is 64.2. The van der Waals surface area contributed by atoms with E-state index in [9.17, 15) is 15.0 Å². The van der Waals surface area contributed by atoms with Gasteiger partial charge in [-0.15, -0.1) is 0 Å². The molecule has 428 valence electrons. The first-order valence-corrected chi connectivity index (χ1v) is 33.5. The van der Waals surface area contributed by atoms with Gasteiger partial charge in [0.25, 0.3) is 0 Å². The van der Waals surface area contributed by atoms with Crippen LogP contribution in [0.4, 0.5) is 0 Å². The van der Waals surface area contributed by atoms with Crippen molar-refractivity contribution in [1.82, 2.24) is 5.32 Å². The summed E-state index contributed by atoms with van der Waals surface area (Å²) in [6.45, 7) is 4.40. The molecule has 0 spiro atoms. The highest BCUT2D eigenvalue weighted by molar-refractivity contribution is 5.76. The van der Waals surface area contributed by atoms with E-state index in [0.717, 1.165) is 32.1 Å². The number of hydrogen-bond donors (Lipinski definition) is 3. The number of allylic oxidation sites excluding steroid dienone is 4. The van der Waals surface area contributed by atoms with Crippen LogP contribution in [0.25, 0.3) is 0 Å². The first-order valence-electron chi connectivity index (χ1n) is 33.5. The number of amides is 1. The number of aliphatic hydroxyl groups excluding tert-OH is 2. The summed E-state index contributed by atoms with van der Waals surface area (Å²) in [4.78, 5) is 12.5. The molecule has 0 aromatic carbocycles. The Morgan fingerprint density at radius 1 is 0.333 bits per heavy atom. The lowest BCUT2D eigenvalue weighted by Gasteiger charge is -2.22. The fourth-order valence-corrected chi connectivity index (χ4v) is 10.9. The molecular formula is C68H133NO3. The van der Waals surface area contributed by atoms with Crippen LogP contribution in [0.3, 0.4) is 0 Å². The third-order valence-electron chi connectivity index (χ3n) is 16.0. The van der Waals surface area contributed by atoms with Crippen molar-refractivity contribution in [2.24, 2.45) is 0 Å². The van der Waals surface area contributed by atoms with Gasteiger partial charge in [-0.3, -0.25) is 4.79 Å². The molecular weight excluding hydrogens is 879 g/mol. The van der Waals surface area contributed by atoms with Gasteiger partial charge in [0, 0.05) is 6.42 Å². The minimum Gasteiger partial charge on any atom is -0.394 e. The molecule has 1 amide bonds. The summed E-state index contributed by atoms with van der Waals surface area (Å²) in [5.74, 6) is -0.0219. The maximum absolute atomic E-state index is 12.5. The van der Waals surface area contributed by atoms with E-state index in [2.05, 4.69) is 43.5 Å². The zero-order chi connectivity index (χ0) is 52.0. The average molecular weight is 1010 g/mol. The van der Waals surface area contributed by atoms with Gasteiger partial charge in [-0.05, 0) is 44.9 Å². The van der Waals surface area contributed by atoms with Crippen LogP contribution in [-0.4, -0.2) is 34.9 Å². The molecule has 2 atom stereocenters. The zero-order valence-corrected chi connectivity index (χ0v) is 49.5. The summed E-state index contributed by atoms with van der Waals surface area (Å²) in [5.41, 5.74) is 0. The van der Waals surface area contributed by atoms with Gasteiger partial charge >= 0.3 is 0 Å². The predicted octanol–water partition coefficient (Wildman–Crippen LogP) is 22.6. The van der Waals surface area contributed by atoms with Gasteiger partial charge in [0.2, 0.25) is 5.91 Å². The molecule has 0 aromatic rings. The number of carbonyl (C=O) groups excluding carboxylic acids is 1. The Bertz CT molecular complexity index is 1060. The first kappa shape index (κ1) is 70.9. The number of unbranched alkanes of at least 4 members (excludes halogenated alkanes) is 52. The molecule has 0 radical (unpaired) electrons. The normalized spacial score (nSPS) is 12.8. The van der Waals surface area contributed by atoms with Crippen LogP contribution >= 0.6 is 0 Å². The molecule has 4 nitrogen and oxygen atoms in total. The van der Waals surface area contributed by atoms with Crippen LogP contribution < -0.4 is 5.32 Å². The average Bonchev–Trinajstić information content (AvgIpc) is 3.39. The van der Waals surface area contributed by atoms with E-state index in [-0.39, 0.29) is 12.5 Å². The van der Waals surface area contributed by atoms with E-state index in [1.54, 1.807) is 0 Å². The van der Waals surface area contributed by atoms with E-state index in [1.807, 2.05) is 0 Å². The van der Waals surface area contributed by atoms with Gasteiger partial charge in [0.05, 0.1) is 18.8 Å². The molecule has 0 fully saturated rings. The van der Waals surface area contributed by atoms with Crippen molar-refractivity contribution in [3.8, 4) is 0 Å². The molecule has 2 unspecified atom stereocenters. The maximum Gasteiger partial charge on any atom is 0.220 e. The Morgan fingerprint density at radius 3 is 0.833 bits per heavy atom. The number of aliphatic hydroxyl groups is 2. The monoisotopic (exact) mass is 1010 g/mol. The van der Waals surface area contributed by atoms with Gasteiger partial charge in [-0.2, -0.15) is 0 Å². The Balaban J connectivity index is 3.38. The van der Waals surface area contributed by atoms with Gasteiger partial charge in [0.15, 0.2) is 0 Å². The molecule has 0 bridgehead atoms. The number of carbonyl (C=O) groups is 1. The van der Waals surface area contributed by atoms with Crippen LogP contribution in [0.2, 0.25) is 0 Å². The lowest BCUT2D eigenvalue weighted by Crippen LogP contribution is -2.45. The zero-order valence-electron chi connectivity index (χ0n) is 49.5. The minimum atomic E-state index is -0.658. The van der Waals surface area contributed by atoms with E-state index in [4.69, 9.17) is 0 Å². The Kier molecular flexibility index (Phi) is 63.2. The van der Waals surface area contributed by atoms with Crippen molar-refractivity contribution in [2.75, 3.05) is 6.61 Å². The maximum atomic E-state index is 12.5. The smallest absolute Gasteiger partial charge is 0.220 e. The predicted molar refractivity (Wildman–Crippen MR) is 322 cm³/mol. The largest absolute Gasteiger partial charge is 0.394 e. The minimum absolute atomic E-state index is 0.0219. The van der Waals surface area contributed by atoms with Crippen LogP contribution in [0.5, 0.6) is 0 Å². The molecule has 72 heavy (non-hydrogen) atoms. The number of rotatable bonds is 63. The second-order valence-electron chi connectivity index (χ2n) is 23.2. The quantitative estimate of drug-likeness (QED) is 0.0420. The third kappa shape index (κ3) is 59.7. The van der Waals surface area contributed by atoms with Gasteiger partial charge < -0.3 is 15.5 Å². The van der Waals surface area contributed by atoms with Crippen LogP contribution in [-0.2, 0) is 4.79 Å².